The molecule has 0 radical (unpaired) electrons. The molecule has 0 unspecified atom stereocenters. The highest BCUT2D eigenvalue weighted by molar-refractivity contribution is 6.02. The van der Waals surface area contributed by atoms with Crippen LogP contribution in [0.25, 0.3) is 0 Å². The maximum atomic E-state index is 12.6. The SMILES string of the molecule is Cc1ccc(OCn2cc(NC(=O)c3ccn(COc4ccc(C(C)C)cc4)n3)cn2)c(C)c1. The molecule has 0 saturated carbocycles. The third-order valence-corrected chi connectivity index (χ3v) is 5.36. The Kier molecular flexibility index (Phi) is 6.96. The van der Waals surface area contributed by atoms with Crippen LogP contribution in [0.5, 0.6) is 11.5 Å². The molecule has 0 saturated heterocycles. The molecule has 4 aromatic rings. The molecule has 0 aliphatic heterocycles. The summed E-state index contributed by atoms with van der Waals surface area (Å²) in [6.07, 6.45) is 4.99. The second-order valence-electron chi connectivity index (χ2n) is 8.50. The minimum Gasteiger partial charge on any atom is -0.471 e. The molecule has 0 bridgehead atoms. The van der Waals surface area contributed by atoms with Crippen molar-refractivity contribution in [3.8, 4) is 11.5 Å². The van der Waals surface area contributed by atoms with Crippen LogP contribution in [0.1, 0.15) is 46.9 Å². The normalized spacial score (nSPS) is 11.0. The number of carbonyl (C=O) groups excluding carboxylic acids is 1. The van der Waals surface area contributed by atoms with Crippen LogP contribution in [0, 0.1) is 13.8 Å². The van der Waals surface area contributed by atoms with Gasteiger partial charge in [-0.2, -0.15) is 10.2 Å². The first-order valence-corrected chi connectivity index (χ1v) is 11.2. The fraction of sp³-hybridized carbons (Fsp3) is 0.269. The summed E-state index contributed by atoms with van der Waals surface area (Å²) in [5, 5.41) is 11.3. The number of aryl methyl sites for hydroxylation is 2. The van der Waals surface area contributed by atoms with E-state index < -0.39 is 0 Å². The number of nitrogens with one attached hydrogen (secondary N) is 1. The van der Waals surface area contributed by atoms with E-state index in [0.717, 1.165) is 17.1 Å². The zero-order valence-corrected chi connectivity index (χ0v) is 19.9. The molecule has 2 aromatic carbocycles. The summed E-state index contributed by atoms with van der Waals surface area (Å²) in [5.41, 5.74) is 4.35. The van der Waals surface area contributed by atoms with Crippen LogP contribution >= 0.6 is 0 Å². The summed E-state index contributed by atoms with van der Waals surface area (Å²) in [6, 6.07) is 15.6. The van der Waals surface area contributed by atoms with Gasteiger partial charge in [-0.05, 0) is 55.2 Å². The molecule has 0 fully saturated rings. The monoisotopic (exact) mass is 459 g/mol. The number of benzene rings is 2. The Labute approximate surface area is 199 Å². The molecule has 1 amide bonds. The molecule has 0 aliphatic carbocycles. The summed E-state index contributed by atoms with van der Waals surface area (Å²) in [5.74, 6) is 1.70. The van der Waals surface area contributed by atoms with Crippen molar-refractivity contribution in [2.45, 2.75) is 47.1 Å². The van der Waals surface area contributed by atoms with Crippen LogP contribution < -0.4 is 14.8 Å². The average molecular weight is 460 g/mol. The topological polar surface area (TPSA) is 83.2 Å². The van der Waals surface area contributed by atoms with Gasteiger partial charge in [-0.15, -0.1) is 0 Å². The van der Waals surface area contributed by atoms with Crippen LogP contribution in [0.4, 0.5) is 5.69 Å². The van der Waals surface area contributed by atoms with Gasteiger partial charge >= 0.3 is 0 Å². The van der Waals surface area contributed by atoms with Gasteiger partial charge in [0.1, 0.15) is 11.5 Å². The number of hydrogen-bond acceptors (Lipinski definition) is 5. The van der Waals surface area contributed by atoms with E-state index in [4.69, 9.17) is 9.47 Å². The van der Waals surface area contributed by atoms with Gasteiger partial charge in [0.25, 0.3) is 5.91 Å². The maximum absolute atomic E-state index is 12.6. The van der Waals surface area contributed by atoms with Crippen molar-refractivity contribution in [2.75, 3.05) is 5.32 Å². The average Bonchev–Trinajstić information content (AvgIpc) is 3.47. The van der Waals surface area contributed by atoms with Gasteiger partial charge in [0, 0.05) is 6.20 Å². The Bertz CT molecular complexity index is 1260. The number of nitrogens with zero attached hydrogens (tertiary/aromatic N) is 4. The van der Waals surface area contributed by atoms with E-state index in [9.17, 15) is 4.79 Å². The second kappa shape index (κ2) is 10.2. The third kappa shape index (κ3) is 5.83. The largest absolute Gasteiger partial charge is 0.471 e. The van der Waals surface area contributed by atoms with E-state index >= 15 is 0 Å². The molecule has 8 nitrogen and oxygen atoms in total. The molecule has 2 aromatic heterocycles. The third-order valence-electron chi connectivity index (χ3n) is 5.36. The molecule has 4 rings (SSSR count). The van der Waals surface area contributed by atoms with E-state index in [1.165, 1.54) is 11.1 Å². The van der Waals surface area contributed by atoms with E-state index in [1.54, 1.807) is 34.0 Å². The Morgan fingerprint density at radius 1 is 1.00 bits per heavy atom. The van der Waals surface area contributed by atoms with Crippen LogP contribution in [-0.4, -0.2) is 25.5 Å². The smallest absolute Gasteiger partial charge is 0.276 e. The number of amides is 1. The van der Waals surface area contributed by atoms with Crippen molar-refractivity contribution >= 4 is 11.6 Å². The van der Waals surface area contributed by atoms with Crippen molar-refractivity contribution in [1.82, 2.24) is 19.6 Å². The quantitative estimate of drug-likeness (QED) is 0.374. The van der Waals surface area contributed by atoms with E-state index in [0.29, 0.717) is 11.6 Å². The first-order valence-electron chi connectivity index (χ1n) is 11.2. The van der Waals surface area contributed by atoms with Crippen molar-refractivity contribution in [3.63, 3.8) is 0 Å². The molecular formula is C26H29N5O3. The maximum Gasteiger partial charge on any atom is 0.276 e. The van der Waals surface area contributed by atoms with Crippen LogP contribution in [0.2, 0.25) is 0 Å². The Hall–Kier alpha value is -4.07. The Balaban J connectivity index is 1.28. The van der Waals surface area contributed by atoms with Crippen molar-refractivity contribution in [2.24, 2.45) is 0 Å². The number of aromatic nitrogens is 4. The van der Waals surface area contributed by atoms with E-state index in [1.807, 2.05) is 38.1 Å². The van der Waals surface area contributed by atoms with Gasteiger partial charge in [-0.3, -0.25) is 4.79 Å². The minimum atomic E-state index is -0.324. The van der Waals surface area contributed by atoms with Crippen LogP contribution in [-0.2, 0) is 13.5 Å². The molecule has 0 spiro atoms. The Morgan fingerprint density at radius 2 is 1.76 bits per heavy atom. The summed E-state index contributed by atoms with van der Waals surface area (Å²) < 4.78 is 14.8. The highest BCUT2D eigenvalue weighted by atomic mass is 16.5. The highest BCUT2D eigenvalue weighted by Crippen LogP contribution is 2.20. The molecule has 34 heavy (non-hydrogen) atoms. The van der Waals surface area contributed by atoms with Gasteiger partial charge in [-0.1, -0.05) is 43.7 Å². The molecule has 2 heterocycles. The standard InChI is InChI=1S/C26H29N5O3/c1-18(2)21-6-8-23(9-7-21)33-16-30-12-11-24(29-30)26(32)28-22-14-27-31(15-22)17-34-25-10-5-19(3)13-20(25)4/h5-15,18H,16-17H2,1-4H3,(H,28,32). The van der Waals surface area contributed by atoms with E-state index in [2.05, 4.69) is 47.6 Å². The van der Waals surface area contributed by atoms with Crippen molar-refractivity contribution in [1.29, 1.82) is 0 Å². The molecular weight excluding hydrogens is 430 g/mol. The Morgan fingerprint density at radius 3 is 2.50 bits per heavy atom. The first-order chi connectivity index (χ1) is 16.4. The lowest BCUT2D eigenvalue weighted by atomic mass is 10.0. The second-order valence-corrected chi connectivity index (χ2v) is 8.50. The predicted molar refractivity (Wildman–Crippen MR) is 130 cm³/mol. The zero-order valence-electron chi connectivity index (χ0n) is 19.9. The summed E-state index contributed by atoms with van der Waals surface area (Å²) >= 11 is 0. The number of anilines is 1. The number of ether oxygens (including phenoxy) is 2. The van der Waals surface area contributed by atoms with Gasteiger partial charge in [0.05, 0.1) is 18.1 Å². The number of rotatable bonds is 9. The molecule has 0 aliphatic rings. The van der Waals surface area contributed by atoms with Gasteiger partial charge in [0.15, 0.2) is 19.2 Å². The lowest BCUT2D eigenvalue weighted by Crippen LogP contribution is -2.14. The van der Waals surface area contributed by atoms with Gasteiger partial charge in [-0.25, -0.2) is 9.36 Å². The lowest BCUT2D eigenvalue weighted by Gasteiger charge is -2.09. The van der Waals surface area contributed by atoms with Crippen molar-refractivity contribution in [3.05, 3.63) is 89.5 Å². The van der Waals surface area contributed by atoms with E-state index in [-0.39, 0.29) is 25.1 Å². The minimum absolute atomic E-state index is 0.210. The number of carbonyl (C=O) groups is 1. The highest BCUT2D eigenvalue weighted by Gasteiger charge is 2.12. The molecule has 0 atom stereocenters. The molecule has 8 heteroatoms. The first kappa shape index (κ1) is 23.1. The van der Waals surface area contributed by atoms with Gasteiger partial charge in [0.2, 0.25) is 0 Å². The zero-order chi connectivity index (χ0) is 24.1. The summed E-state index contributed by atoms with van der Waals surface area (Å²) in [4.78, 5) is 12.6. The number of hydrogen-bond donors (Lipinski definition) is 1. The fourth-order valence-electron chi connectivity index (χ4n) is 3.44. The molecule has 1 N–H and O–H groups in total. The summed E-state index contributed by atoms with van der Waals surface area (Å²) in [7, 11) is 0. The van der Waals surface area contributed by atoms with Crippen LogP contribution in [0.3, 0.4) is 0 Å². The lowest BCUT2D eigenvalue weighted by molar-refractivity contribution is 0.102. The fourth-order valence-corrected chi connectivity index (χ4v) is 3.44. The predicted octanol–water partition coefficient (Wildman–Crippen LogP) is 5.15. The molecule has 176 valence electrons. The van der Waals surface area contributed by atoms with Gasteiger partial charge < -0.3 is 14.8 Å². The van der Waals surface area contributed by atoms with Crippen molar-refractivity contribution < 1.29 is 14.3 Å². The van der Waals surface area contributed by atoms with Crippen LogP contribution in [0.15, 0.2) is 67.1 Å². The summed E-state index contributed by atoms with van der Waals surface area (Å²) in [6.45, 7) is 8.80.